The molecule has 2 aromatic rings. The molecule has 0 aromatic heterocycles. The second-order valence-corrected chi connectivity index (χ2v) is 9.41. The van der Waals surface area contributed by atoms with Crippen LogP contribution < -0.4 is 16.0 Å². The predicted octanol–water partition coefficient (Wildman–Crippen LogP) is 0.563. The molecule has 0 unspecified atom stereocenters. The lowest BCUT2D eigenvalue weighted by molar-refractivity contribution is -0.119. The number of nitrogens with one attached hydrogen (secondary N) is 1. The first kappa shape index (κ1) is 21.3. The van der Waals surface area contributed by atoms with Gasteiger partial charge in [-0.05, 0) is 29.8 Å². The number of hydrogen-bond donors (Lipinski definition) is 2. The number of anilines is 2. The summed E-state index contributed by atoms with van der Waals surface area (Å²) < 4.78 is 32.3. The number of nitrogens with zero attached hydrogens (tertiary/aromatic N) is 2. The van der Waals surface area contributed by atoms with Crippen molar-refractivity contribution < 1.29 is 22.7 Å². The molecule has 10 heteroatoms. The Kier molecular flexibility index (Phi) is 5.94. The summed E-state index contributed by atoms with van der Waals surface area (Å²) in [6.07, 6.45) is 0.450. The molecule has 2 aliphatic rings. The Labute approximate surface area is 180 Å². The van der Waals surface area contributed by atoms with Crippen molar-refractivity contribution in [1.29, 1.82) is 0 Å². The average molecular weight is 445 g/mol. The third-order valence-corrected chi connectivity index (χ3v) is 7.35. The van der Waals surface area contributed by atoms with Gasteiger partial charge in [0, 0.05) is 30.9 Å². The molecule has 0 bridgehead atoms. The number of fused-ring (bicyclic) bond motifs is 1. The fourth-order valence-electron chi connectivity index (χ4n) is 3.93. The lowest BCUT2D eigenvalue weighted by Gasteiger charge is -2.26. The fraction of sp³-hybridized carbons (Fsp3) is 0.333. The van der Waals surface area contributed by atoms with Crippen molar-refractivity contribution in [3.63, 3.8) is 0 Å². The molecule has 2 amide bonds. The van der Waals surface area contributed by atoms with Crippen LogP contribution in [-0.4, -0.2) is 63.4 Å². The van der Waals surface area contributed by atoms with E-state index in [1.807, 2.05) is 24.3 Å². The normalized spacial score (nSPS) is 19.1. The van der Waals surface area contributed by atoms with Crippen molar-refractivity contribution in [1.82, 2.24) is 4.31 Å². The van der Waals surface area contributed by atoms with Gasteiger partial charge in [-0.1, -0.05) is 24.3 Å². The molecule has 2 heterocycles. The molecule has 1 saturated heterocycles. The Hall–Kier alpha value is -2.95. The summed E-state index contributed by atoms with van der Waals surface area (Å²) in [6, 6.07) is 13.0. The second kappa shape index (κ2) is 8.66. The van der Waals surface area contributed by atoms with Crippen molar-refractivity contribution >= 4 is 33.2 Å². The number of morpholine rings is 1. The minimum absolute atomic E-state index is 0.0783. The second-order valence-electron chi connectivity index (χ2n) is 7.47. The van der Waals surface area contributed by atoms with Crippen molar-refractivity contribution in [2.75, 3.05) is 43.1 Å². The molecule has 9 nitrogen and oxygen atoms in total. The highest BCUT2D eigenvalue weighted by Crippen LogP contribution is 2.31. The molecule has 3 N–H and O–H groups in total. The fourth-order valence-corrected chi connectivity index (χ4v) is 5.38. The summed E-state index contributed by atoms with van der Waals surface area (Å²) in [6.45, 7) is 1.22. The first-order valence-electron chi connectivity index (χ1n) is 9.98. The molecule has 31 heavy (non-hydrogen) atoms. The Morgan fingerprint density at radius 3 is 2.58 bits per heavy atom. The average Bonchev–Trinajstić information content (AvgIpc) is 3.13. The molecule has 1 atom stereocenters. The largest absolute Gasteiger partial charge is 0.379 e. The van der Waals surface area contributed by atoms with E-state index in [0.717, 1.165) is 11.3 Å². The number of sulfonamides is 1. The van der Waals surface area contributed by atoms with Crippen LogP contribution in [0.1, 0.15) is 5.56 Å². The summed E-state index contributed by atoms with van der Waals surface area (Å²) in [7, 11) is -3.67. The minimum atomic E-state index is -3.67. The van der Waals surface area contributed by atoms with Crippen LogP contribution in [0.25, 0.3) is 0 Å². The number of hydrogen-bond acceptors (Lipinski definition) is 6. The standard InChI is InChI=1S/C21H24N4O5S/c22-21(27)19-12-15-4-1-2-7-18(15)25(19)14-20(26)23-16-5-3-6-17(13-16)31(28,29)24-8-10-30-11-9-24/h1-7,13,19H,8-12,14H2,(H2,22,27)(H,23,26)/t19-/m0/s1. The smallest absolute Gasteiger partial charge is 0.243 e. The summed E-state index contributed by atoms with van der Waals surface area (Å²) in [5, 5.41) is 2.73. The molecule has 4 rings (SSSR count). The monoisotopic (exact) mass is 444 g/mol. The summed E-state index contributed by atoms with van der Waals surface area (Å²) in [5.74, 6) is -0.869. The molecule has 0 aliphatic carbocycles. The SMILES string of the molecule is NC(=O)[C@@H]1Cc2ccccc2N1CC(=O)Nc1cccc(S(=O)(=O)N2CCOCC2)c1. The van der Waals surface area contributed by atoms with Gasteiger partial charge in [-0.3, -0.25) is 9.59 Å². The molecule has 0 spiro atoms. The highest BCUT2D eigenvalue weighted by atomic mass is 32.2. The van der Waals surface area contributed by atoms with Crippen LogP contribution in [0.4, 0.5) is 11.4 Å². The number of ether oxygens (including phenoxy) is 1. The van der Waals surface area contributed by atoms with Crippen LogP contribution in [0.3, 0.4) is 0 Å². The van der Waals surface area contributed by atoms with Gasteiger partial charge in [0.2, 0.25) is 21.8 Å². The van der Waals surface area contributed by atoms with E-state index in [1.54, 1.807) is 17.0 Å². The molecule has 0 radical (unpaired) electrons. The zero-order valence-corrected chi connectivity index (χ0v) is 17.7. The third-order valence-electron chi connectivity index (χ3n) is 5.46. The van der Waals surface area contributed by atoms with Crippen LogP contribution in [0.2, 0.25) is 0 Å². The van der Waals surface area contributed by atoms with Crippen LogP contribution in [0.15, 0.2) is 53.4 Å². The lowest BCUT2D eigenvalue weighted by atomic mass is 10.1. The first-order valence-corrected chi connectivity index (χ1v) is 11.4. The predicted molar refractivity (Wildman–Crippen MR) is 115 cm³/mol. The van der Waals surface area contributed by atoms with Crippen LogP contribution >= 0.6 is 0 Å². The number of benzene rings is 2. The van der Waals surface area contributed by atoms with E-state index in [-0.39, 0.29) is 17.3 Å². The summed E-state index contributed by atoms with van der Waals surface area (Å²) >= 11 is 0. The number of carbonyl (C=O) groups excluding carboxylic acids is 2. The van der Waals surface area contributed by atoms with E-state index >= 15 is 0 Å². The van der Waals surface area contributed by atoms with Crippen LogP contribution in [-0.2, 0) is 30.8 Å². The summed E-state index contributed by atoms with van der Waals surface area (Å²) in [4.78, 5) is 26.4. The van der Waals surface area contributed by atoms with Gasteiger partial charge < -0.3 is 20.7 Å². The van der Waals surface area contributed by atoms with Crippen molar-refractivity contribution in [3.05, 3.63) is 54.1 Å². The minimum Gasteiger partial charge on any atom is -0.379 e. The maximum Gasteiger partial charge on any atom is 0.243 e. The molecular weight excluding hydrogens is 420 g/mol. The van der Waals surface area contributed by atoms with E-state index in [1.165, 1.54) is 16.4 Å². The molecule has 164 valence electrons. The van der Waals surface area contributed by atoms with Crippen LogP contribution in [0.5, 0.6) is 0 Å². The lowest BCUT2D eigenvalue weighted by Crippen LogP contribution is -2.46. The topological polar surface area (TPSA) is 122 Å². The van der Waals surface area contributed by atoms with Crippen LogP contribution in [0, 0.1) is 0 Å². The Balaban J connectivity index is 1.49. The van der Waals surface area contributed by atoms with E-state index in [9.17, 15) is 18.0 Å². The molecule has 2 aliphatic heterocycles. The Morgan fingerprint density at radius 1 is 1.10 bits per heavy atom. The van der Waals surface area contributed by atoms with E-state index < -0.39 is 22.0 Å². The number of carbonyl (C=O) groups is 2. The van der Waals surface area contributed by atoms with Gasteiger partial charge in [0.05, 0.1) is 24.7 Å². The number of primary amides is 1. The molecule has 2 aromatic carbocycles. The maximum atomic E-state index is 12.9. The van der Waals surface area contributed by atoms with Crippen molar-refractivity contribution in [2.24, 2.45) is 5.73 Å². The zero-order chi connectivity index (χ0) is 22.0. The number of rotatable bonds is 6. The third kappa shape index (κ3) is 4.41. The highest BCUT2D eigenvalue weighted by molar-refractivity contribution is 7.89. The number of nitrogens with two attached hydrogens (primary N) is 1. The summed E-state index contributed by atoms with van der Waals surface area (Å²) in [5.41, 5.74) is 7.66. The first-order chi connectivity index (χ1) is 14.9. The van der Waals surface area contributed by atoms with Gasteiger partial charge in [0.25, 0.3) is 0 Å². The van der Waals surface area contributed by atoms with E-state index in [4.69, 9.17) is 10.5 Å². The van der Waals surface area contributed by atoms with Gasteiger partial charge in [0.1, 0.15) is 6.04 Å². The van der Waals surface area contributed by atoms with Crippen molar-refractivity contribution in [3.8, 4) is 0 Å². The maximum absolute atomic E-state index is 12.9. The molecular formula is C21H24N4O5S. The Bertz CT molecular complexity index is 1100. The molecule has 0 saturated carbocycles. The highest BCUT2D eigenvalue weighted by Gasteiger charge is 2.34. The number of amides is 2. The van der Waals surface area contributed by atoms with Gasteiger partial charge >= 0.3 is 0 Å². The number of para-hydroxylation sites is 1. The quantitative estimate of drug-likeness (QED) is 0.672. The Morgan fingerprint density at radius 2 is 1.84 bits per heavy atom. The van der Waals surface area contributed by atoms with Gasteiger partial charge in [-0.2, -0.15) is 4.31 Å². The zero-order valence-electron chi connectivity index (χ0n) is 16.9. The van der Waals surface area contributed by atoms with Gasteiger partial charge in [0.15, 0.2) is 0 Å². The van der Waals surface area contributed by atoms with E-state index in [2.05, 4.69) is 5.32 Å². The van der Waals surface area contributed by atoms with Gasteiger partial charge in [-0.15, -0.1) is 0 Å². The van der Waals surface area contributed by atoms with E-state index in [0.29, 0.717) is 38.4 Å². The van der Waals surface area contributed by atoms with Gasteiger partial charge in [-0.25, -0.2) is 8.42 Å². The molecule has 1 fully saturated rings. The van der Waals surface area contributed by atoms with Crippen molar-refractivity contribution in [2.45, 2.75) is 17.4 Å².